The Labute approximate surface area is 187 Å². The molecule has 2 aliphatic heterocycles. The number of likely N-dealkylation sites (tertiary alicyclic amines) is 2. The summed E-state index contributed by atoms with van der Waals surface area (Å²) >= 11 is 0. The number of nitrogens with zero attached hydrogens (tertiary/aromatic N) is 2. The lowest BCUT2D eigenvalue weighted by atomic mass is 9.68. The molecule has 3 fully saturated rings. The van der Waals surface area contributed by atoms with Crippen LogP contribution in [-0.4, -0.2) is 53.8 Å². The highest BCUT2D eigenvalue weighted by atomic mass is 16.2. The molecule has 0 bridgehead atoms. The summed E-state index contributed by atoms with van der Waals surface area (Å²) in [5.74, 6) is 0.363. The van der Waals surface area contributed by atoms with Crippen molar-refractivity contribution in [3.05, 3.63) is 29.8 Å². The molecule has 1 N–H and O–H groups in total. The van der Waals surface area contributed by atoms with Crippen molar-refractivity contribution in [1.82, 2.24) is 9.80 Å². The quantitative estimate of drug-likeness (QED) is 0.743. The minimum atomic E-state index is -0.385. The lowest BCUT2D eigenvalue weighted by Gasteiger charge is -2.44. The highest BCUT2D eigenvalue weighted by Gasteiger charge is 2.44. The summed E-state index contributed by atoms with van der Waals surface area (Å²) < 4.78 is 0. The van der Waals surface area contributed by atoms with Gasteiger partial charge >= 0.3 is 0 Å². The Hall–Kier alpha value is -1.88. The van der Waals surface area contributed by atoms with Crippen LogP contribution in [0.1, 0.15) is 83.1 Å². The van der Waals surface area contributed by atoms with E-state index in [1.807, 2.05) is 19.1 Å². The first kappa shape index (κ1) is 22.3. The second-order valence-corrected chi connectivity index (χ2v) is 9.74. The molecular formula is C26H39N3O2. The molecule has 0 radical (unpaired) electrons. The number of hydrogen-bond acceptors (Lipinski definition) is 3. The fourth-order valence-corrected chi connectivity index (χ4v) is 5.92. The summed E-state index contributed by atoms with van der Waals surface area (Å²) in [6, 6.07) is 8.75. The third-order valence-corrected chi connectivity index (χ3v) is 7.82. The standard InChI is InChI=1S/C26H39N3O2/c1-2-24(30)27-22-11-9-21(10-12-22)26(15-5-3-6-16-26)25(31)29-19-13-23(14-20-29)28-17-7-4-8-18-28/h9-12,23H,2-8,13-20H2,1H3,(H,27,30). The van der Waals surface area contributed by atoms with Crippen LogP contribution in [0.2, 0.25) is 0 Å². The predicted octanol–water partition coefficient (Wildman–Crippen LogP) is 4.71. The van der Waals surface area contributed by atoms with Gasteiger partial charge in [0.15, 0.2) is 0 Å². The number of carbonyl (C=O) groups is 2. The average Bonchev–Trinajstić information content (AvgIpc) is 2.85. The predicted molar refractivity (Wildman–Crippen MR) is 125 cm³/mol. The Bertz CT molecular complexity index is 740. The van der Waals surface area contributed by atoms with Crippen LogP contribution in [0, 0.1) is 0 Å². The molecule has 1 saturated carbocycles. The summed E-state index contributed by atoms with van der Waals surface area (Å²) in [5.41, 5.74) is 1.56. The van der Waals surface area contributed by atoms with E-state index in [0.717, 1.165) is 62.9 Å². The van der Waals surface area contributed by atoms with E-state index < -0.39 is 0 Å². The summed E-state index contributed by atoms with van der Waals surface area (Å²) in [7, 11) is 0. The fourth-order valence-electron chi connectivity index (χ4n) is 5.92. The molecule has 0 unspecified atom stereocenters. The minimum Gasteiger partial charge on any atom is -0.342 e. The molecule has 0 aromatic heterocycles. The molecule has 1 aliphatic carbocycles. The van der Waals surface area contributed by atoms with Gasteiger partial charge in [-0.15, -0.1) is 0 Å². The second-order valence-electron chi connectivity index (χ2n) is 9.74. The molecule has 0 spiro atoms. The van der Waals surface area contributed by atoms with E-state index in [1.54, 1.807) is 0 Å². The zero-order chi connectivity index (χ0) is 21.7. The lowest BCUT2D eigenvalue weighted by molar-refractivity contribution is -0.140. The zero-order valence-electron chi connectivity index (χ0n) is 19.2. The minimum absolute atomic E-state index is 0.0211. The molecule has 1 aromatic rings. The summed E-state index contributed by atoms with van der Waals surface area (Å²) in [6.07, 6.45) is 12.1. The van der Waals surface area contributed by atoms with Crippen molar-refractivity contribution in [1.29, 1.82) is 0 Å². The number of amides is 2. The monoisotopic (exact) mass is 425 g/mol. The van der Waals surface area contributed by atoms with Gasteiger partial charge in [0.2, 0.25) is 11.8 Å². The summed E-state index contributed by atoms with van der Waals surface area (Å²) in [6.45, 7) is 6.12. The van der Waals surface area contributed by atoms with Crippen molar-refractivity contribution in [3.63, 3.8) is 0 Å². The summed E-state index contributed by atoms with van der Waals surface area (Å²) in [4.78, 5) is 30.5. The number of nitrogens with one attached hydrogen (secondary N) is 1. The lowest BCUT2D eigenvalue weighted by Crippen LogP contribution is -2.53. The van der Waals surface area contributed by atoms with E-state index in [1.165, 1.54) is 38.8 Å². The van der Waals surface area contributed by atoms with E-state index in [4.69, 9.17) is 0 Å². The Kier molecular flexibility index (Phi) is 7.31. The van der Waals surface area contributed by atoms with Crippen molar-refractivity contribution < 1.29 is 9.59 Å². The number of rotatable bonds is 5. The van der Waals surface area contributed by atoms with Crippen LogP contribution in [0.3, 0.4) is 0 Å². The number of hydrogen-bond donors (Lipinski definition) is 1. The van der Waals surface area contributed by atoms with E-state index in [2.05, 4.69) is 27.2 Å². The van der Waals surface area contributed by atoms with E-state index in [0.29, 0.717) is 18.4 Å². The maximum atomic E-state index is 13.9. The Balaban J connectivity index is 1.46. The van der Waals surface area contributed by atoms with Crippen molar-refractivity contribution >= 4 is 17.5 Å². The molecule has 5 nitrogen and oxygen atoms in total. The third-order valence-electron chi connectivity index (χ3n) is 7.82. The van der Waals surface area contributed by atoms with Crippen molar-refractivity contribution in [2.24, 2.45) is 0 Å². The van der Waals surface area contributed by atoms with Crippen LogP contribution < -0.4 is 5.32 Å². The van der Waals surface area contributed by atoms with Gasteiger partial charge in [-0.05, 0) is 69.3 Å². The van der Waals surface area contributed by atoms with Gasteiger partial charge in [0, 0.05) is 31.2 Å². The van der Waals surface area contributed by atoms with Crippen LogP contribution in [0.25, 0.3) is 0 Å². The molecule has 0 atom stereocenters. The largest absolute Gasteiger partial charge is 0.342 e. The van der Waals surface area contributed by atoms with Crippen LogP contribution in [0.15, 0.2) is 24.3 Å². The molecule has 170 valence electrons. The highest BCUT2D eigenvalue weighted by Crippen LogP contribution is 2.42. The Morgan fingerprint density at radius 3 is 2.13 bits per heavy atom. The maximum Gasteiger partial charge on any atom is 0.233 e. The molecular weight excluding hydrogens is 386 g/mol. The third kappa shape index (κ3) is 4.97. The van der Waals surface area contributed by atoms with Gasteiger partial charge in [-0.3, -0.25) is 9.59 Å². The highest BCUT2D eigenvalue weighted by molar-refractivity contribution is 5.91. The van der Waals surface area contributed by atoms with Crippen molar-refractivity contribution in [2.75, 3.05) is 31.5 Å². The van der Waals surface area contributed by atoms with E-state index in [9.17, 15) is 9.59 Å². The smallest absolute Gasteiger partial charge is 0.233 e. The van der Waals surface area contributed by atoms with Gasteiger partial charge in [-0.1, -0.05) is 44.7 Å². The van der Waals surface area contributed by atoms with E-state index in [-0.39, 0.29) is 11.3 Å². The fraction of sp³-hybridized carbons (Fsp3) is 0.692. The van der Waals surface area contributed by atoms with Crippen LogP contribution >= 0.6 is 0 Å². The molecule has 1 aromatic carbocycles. The zero-order valence-corrected chi connectivity index (χ0v) is 19.2. The molecule has 3 aliphatic rings. The molecule has 31 heavy (non-hydrogen) atoms. The molecule has 5 heteroatoms. The van der Waals surface area contributed by atoms with Gasteiger partial charge in [0.25, 0.3) is 0 Å². The SMILES string of the molecule is CCC(=O)Nc1ccc(C2(C(=O)N3CCC(N4CCCCC4)CC3)CCCCC2)cc1. The first-order valence-electron chi connectivity index (χ1n) is 12.6. The van der Waals surface area contributed by atoms with Gasteiger partial charge < -0.3 is 15.1 Å². The molecule has 2 amide bonds. The Morgan fingerprint density at radius 2 is 1.52 bits per heavy atom. The van der Waals surface area contributed by atoms with E-state index >= 15 is 0 Å². The van der Waals surface area contributed by atoms with Gasteiger partial charge in [0.05, 0.1) is 5.41 Å². The number of piperidine rings is 2. The first-order valence-corrected chi connectivity index (χ1v) is 12.6. The summed E-state index contributed by atoms with van der Waals surface area (Å²) in [5, 5.41) is 2.92. The maximum absolute atomic E-state index is 13.9. The van der Waals surface area contributed by atoms with Crippen LogP contribution in [0.4, 0.5) is 5.69 Å². The van der Waals surface area contributed by atoms with Gasteiger partial charge in [0.1, 0.15) is 0 Å². The van der Waals surface area contributed by atoms with Crippen LogP contribution in [0.5, 0.6) is 0 Å². The Morgan fingerprint density at radius 1 is 0.903 bits per heavy atom. The number of benzene rings is 1. The molecule has 2 saturated heterocycles. The number of carbonyl (C=O) groups excluding carboxylic acids is 2. The topological polar surface area (TPSA) is 52.7 Å². The molecule has 2 heterocycles. The first-order chi connectivity index (χ1) is 15.1. The van der Waals surface area contributed by atoms with Crippen LogP contribution in [-0.2, 0) is 15.0 Å². The number of anilines is 1. The molecule has 4 rings (SSSR count). The van der Waals surface area contributed by atoms with Crippen molar-refractivity contribution in [2.45, 2.75) is 89.0 Å². The average molecular weight is 426 g/mol. The normalized spacial score (nSPS) is 22.8. The van der Waals surface area contributed by atoms with Gasteiger partial charge in [-0.25, -0.2) is 0 Å². The van der Waals surface area contributed by atoms with Crippen molar-refractivity contribution in [3.8, 4) is 0 Å². The second kappa shape index (κ2) is 10.2. The van der Waals surface area contributed by atoms with Gasteiger partial charge in [-0.2, -0.15) is 0 Å².